The van der Waals surface area contributed by atoms with E-state index < -0.39 is 0 Å². The van der Waals surface area contributed by atoms with Crippen molar-refractivity contribution in [3.8, 4) is 11.5 Å². The van der Waals surface area contributed by atoms with Crippen molar-refractivity contribution in [3.05, 3.63) is 92.4 Å². The summed E-state index contributed by atoms with van der Waals surface area (Å²) in [4.78, 5) is 12.3. The van der Waals surface area contributed by atoms with Gasteiger partial charge in [0.05, 0.1) is 7.11 Å². The van der Waals surface area contributed by atoms with E-state index in [0.29, 0.717) is 37.8 Å². The molecule has 1 amide bonds. The zero-order valence-electron chi connectivity index (χ0n) is 16.9. The highest BCUT2D eigenvalue weighted by Gasteiger charge is 2.10. The summed E-state index contributed by atoms with van der Waals surface area (Å²) >= 11 is 18.4. The summed E-state index contributed by atoms with van der Waals surface area (Å²) in [5.41, 5.74) is 3.07. The van der Waals surface area contributed by atoms with E-state index in [-0.39, 0.29) is 12.5 Å². The predicted octanol–water partition coefficient (Wildman–Crippen LogP) is 7.19. The van der Waals surface area contributed by atoms with Crippen LogP contribution in [0.2, 0.25) is 15.1 Å². The van der Waals surface area contributed by atoms with Gasteiger partial charge in [0.25, 0.3) is 0 Å². The van der Waals surface area contributed by atoms with E-state index >= 15 is 0 Å². The molecule has 0 atom stereocenters. The molecular weight excluding hydrogens is 457 g/mol. The molecule has 0 aliphatic rings. The first-order chi connectivity index (χ1) is 14.9. The van der Waals surface area contributed by atoms with E-state index in [2.05, 4.69) is 5.32 Å². The SMILES string of the molecule is COc1cc(/C=C/C(=O)Nc2cc(Cl)ccc2C)ccc1OCc1c(Cl)cccc1Cl. The Hall–Kier alpha value is -2.66. The van der Waals surface area contributed by atoms with Crippen molar-refractivity contribution < 1.29 is 14.3 Å². The third-order valence-electron chi connectivity index (χ3n) is 4.51. The molecule has 0 heterocycles. The van der Waals surface area contributed by atoms with Crippen LogP contribution in [-0.4, -0.2) is 13.0 Å². The van der Waals surface area contributed by atoms with Gasteiger partial charge in [-0.05, 0) is 60.5 Å². The smallest absolute Gasteiger partial charge is 0.248 e. The van der Waals surface area contributed by atoms with Crippen LogP contribution in [0.3, 0.4) is 0 Å². The molecule has 3 aromatic carbocycles. The number of rotatable bonds is 7. The molecule has 0 fully saturated rings. The van der Waals surface area contributed by atoms with Gasteiger partial charge in [0, 0.05) is 32.4 Å². The second kappa shape index (κ2) is 10.6. The van der Waals surface area contributed by atoms with Crippen LogP contribution in [0.25, 0.3) is 6.08 Å². The Labute approximate surface area is 196 Å². The molecule has 0 saturated heterocycles. The number of anilines is 1. The molecule has 160 valence electrons. The molecular formula is C24H20Cl3NO3. The van der Waals surface area contributed by atoms with Crippen molar-refractivity contribution in [2.45, 2.75) is 13.5 Å². The average Bonchev–Trinajstić information content (AvgIpc) is 2.75. The van der Waals surface area contributed by atoms with Gasteiger partial charge in [-0.2, -0.15) is 0 Å². The van der Waals surface area contributed by atoms with Gasteiger partial charge >= 0.3 is 0 Å². The van der Waals surface area contributed by atoms with Crippen molar-refractivity contribution in [2.75, 3.05) is 12.4 Å². The first-order valence-electron chi connectivity index (χ1n) is 9.36. The predicted molar refractivity (Wildman–Crippen MR) is 128 cm³/mol. The summed E-state index contributed by atoms with van der Waals surface area (Å²) < 4.78 is 11.3. The molecule has 0 saturated carbocycles. The zero-order chi connectivity index (χ0) is 22.4. The van der Waals surface area contributed by atoms with E-state index in [9.17, 15) is 4.79 Å². The molecule has 0 aromatic heterocycles. The number of aryl methyl sites for hydroxylation is 1. The molecule has 0 spiro atoms. The minimum Gasteiger partial charge on any atom is -0.493 e. The fraction of sp³-hybridized carbons (Fsp3) is 0.125. The van der Waals surface area contributed by atoms with Crippen molar-refractivity contribution >= 4 is 52.5 Å². The van der Waals surface area contributed by atoms with Gasteiger partial charge in [0.2, 0.25) is 5.91 Å². The van der Waals surface area contributed by atoms with Crippen LogP contribution in [0.1, 0.15) is 16.7 Å². The van der Waals surface area contributed by atoms with E-state index in [1.165, 1.54) is 6.08 Å². The minimum absolute atomic E-state index is 0.200. The second-order valence-corrected chi connectivity index (χ2v) is 7.93. The molecule has 1 N–H and O–H groups in total. The first kappa shape index (κ1) is 23.0. The lowest BCUT2D eigenvalue weighted by Gasteiger charge is -2.13. The van der Waals surface area contributed by atoms with Crippen LogP contribution >= 0.6 is 34.8 Å². The van der Waals surface area contributed by atoms with E-state index in [4.69, 9.17) is 44.3 Å². The largest absolute Gasteiger partial charge is 0.493 e. The van der Waals surface area contributed by atoms with Crippen LogP contribution in [0.5, 0.6) is 11.5 Å². The summed E-state index contributed by atoms with van der Waals surface area (Å²) in [5, 5.41) is 4.45. The number of nitrogens with one attached hydrogen (secondary N) is 1. The number of benzene rings is 3. The standard InChI is InChI=1S/C24H20Cl3NO3/c1-15-6-9-17(25)13-21(15)28-24(29)11-8-16-7-10-22(23(12-16)30-2)31-14-18-19(26)4-3-5-20(18)27/h3-13H,14H2,1-2H3,(H,28,29)/b11-8+. The zero-order valence-corrected chi connectivity index (χ0v) is 19.2. The highest BCUT2D eigenvalue weighted by molar-refractivity contribution is 6.36. The number of halogens is 3. The van der Waals surface area contributed by atoms with Crippen molar-refractivity contribution in [1.82, 2.24) is 0 Å². The topological polar surface area (TPSA) is 47.6 Å². The van der Waals surface area contributed by atoms with Gasteiger partial charge < -0.3 is 14.8 Å². The van der Waals surface area contributed by atoms with Crippen molar-refractivity contribution in [2.24, 2.45) is 0 Å². The number of carbonyl (C=O) groups is 1. The molecule has 3 aromatic rings. The number of hydrogen-bond acceptors (Lipinski definition) is 3. The minimum atomic E-state index is -0.266. The molecule has 0 bridgehead atoms. The Morgan fingerprint density at radius 2 is 1.74 bits per heavy atom. The van der Waals surface area contributed by atoms with E-state index in [1.807, 2.05) is 19.1 Å². The number of amides is 1. The van der Waals surface area contributed by atoms with E-state index in [1.54, 1.807) is 55.7 Å². The summed E-state index contributed by atoms with van der Waals surface area (Å²) in [5.74, 6) is 0.795. The number of ether oxygens (including phenoxy) is 2. The van der Waals surface area contributed by atoms with Crippen LogP contribution in [0.15, 0.2) is 60.7 Å². The lowest BCUT2D eigenvalue weighted by atomic mass is 10.1. The Bertz CT molecular complexity index is 1110. The fourth-order valence-electron chi connectivity index (χ4n) is 2.80. The van der Waals surface area contributed by atoms with Gasteiger partial charge in [-0.1, -0.05) is 53.0 Å². The second-order valence-electron chi connectivity index (χ2n) is 6.68. The lowest BCUT2D eigenvalue weighted by molar-refractivity contribution is -0.111. The third kappa shape index (κ3) is 6.17. The molecule has 0 aliphatic heterocycles. The van der Waals surface area contributed by atoms with Crippen LogP contribution in [0.4, 0.5) is 5.69 Å². The number of carbonyl (C=O) groups excluding carboxylic acids is 1. The number of hydrogen-bond donors (Lipinski definition) is 1. The molecule has 3 rings (SSSR count). The Balaban J connectivity index is 1.69. The monoisotopic (exact) mass is 475 g/mol. The maximum absolute atomic E-state index is 12.3. The Morgan fingerprint density at radius 1 is 1.00 bits per heavy atom. The maximum atomic E-state index is 12.3. The Kier molecular flexibility index (Phi) is 7.85. The van der Waals surface area contributed by atoms with Gasteiger partial charge in [0.1, 0.15) is 6.61 Å². The normalized spacial score (nSPS) is 10.9. The Morgan fingerprint density at radius 3 is 2.45 bits per heavy atom. The van der Waals surface area contributed by atoms with Crippen molar-refractivity contribution in [1.29, 1.82) is 0 Å². The molecule has 7 heteroatoms. The molecule has 31 heavy (non-hydrogen) atoms. The van der Waals surface area contributed by atoms with E-state index in [0.717, 1.165) is 11.1 Å². The number of methoxy groups -OCH3 is 1. The summed E-state index contributed by atoms with van der Waals surface area (Å²) in [7, 11) is 1.55. The van der Waals surface area contributed by atoms with Crippen LogP contribution in [-0.2, 0) is 11.4 Å². The maximum Gasteiger partial charge on any atom is 0.248 e. The van der Waals surface area contributed by atoms with Gasteiger partial charge in [-0.3, -0.25) is 4.79 Å². The summed E-state index contributed by atoms with van der Waals surface area (Å²) in [6, 6.07) is 16.0. The van der Waals surface area contributed by atoms with Gasteiger partial charge in [-0.25, -0.2) is 0 Å². The molecule has 0 aliphatic carbocycles. The highest BCUT2D eigenvalue weighted by atomic mass is 35.5. The first-order valence-corrected chi connectivity index (χ1v) is 10.5. The summed E-state index contributed by atoms with van der Waals surface area (Å²) in [6.45, 7) is 2.10. The lowest BCUT2D eigenvalue weighted by Crippen LogP contribution is -2.08. The van der Waals surface area contributed by atoms with Gasteiger partial charge in [-0.15, -0.1) is 0 Å². The van der Waals surface area contributed by atoms with Crippen molar-refractivity contribution in [3.63, 3.8) is 0 Å². The molecule has 4 nitrogen and oxygen atoms in total. The summed E-state index contributed by atoms with van der Waals surface area (Å²) in [6.07, 6.45) is 3.13. The van der Waals surface area contributed by atoms with Crippen LogP contribution in [0, 0.1) is 6.92 Å². The highest BCUT2D eigenvalue weighted by Crippen LogP contribution is 2.31. The third-order valence-corrected chi connectivity index (χ3v) is 5.45. The van der Waals surface area contributed by atoms with Gasteiger partial charge in [0.15, 0.2) is 11.5 Å². The quantitative estimate of drug-likeness (QED) is 0.367. The van der Waals surface area contributed by atoms with Crippen LogP contribution < -0.4 is 14.8 Å². The molecule has 0 unspecified atom stereocenters. The molecule has 0 radical (unpaired) electrons. The average molecular weight is 477 g/mol. The fourth-order valence-corrected chi connectivity index (χ4v) is 3.48.